The maximum absolute atomic E-state index is 6.16. The first kappa shape index (κ1) is 20.1. The molecule has 2 heterocycles. The van der Waals surface area contributed by atoms with Gasteiger partial charge in [-0.1, -0.05) is 36.4 Å². The molecule has 0 saturated heterocycles. The zero-order valence-corrected chi connectivity index (χ0v) is 16.2. The Kier molecular flexibility index (Phi) is 6.57. The molecule has 4 nitrogen and oxygen atoms in total. The summed E-state index contributed by atoms with van der Waals surface area (Å²) in [4.78, 5) is 6.87. The molecule has 1 atom stereocenters. The Bertz CT molecular complexity index is 851. The highest BCUT2D eigenvalue weighted by molar-refractivity contribution is 5.85. The molecule has 2 aromatic carbocycles. The van der Waals surface area contributed by atoms with Crippen LogP contribution in [0.2, 0.25) is 0 Å². The van der Waals surface area contributed by atoms with E-state index in [-0.39, 0.29) is 30.9 Å². The number of aromatic nitrogens is 1. The van der Waals surface area contributed by atoms with Gasteiger partial charge in [0, 0.05) is 23.5 Å². The molecule has 0 bridgehead atoms. The average Bonchev–Trinajstić information content (AvgIpc) is 3.12. The van der Waals surface area contributed by atoms with Gasteiger partial charge in [-0.2, -0.15) is 0 Å². The fourth-order valence-electron chi connectivity index (χ4n) is 3.43. The molecule has 0 aliphatic carbocycles. The third-order valence-electron chi connectivity index (χ3n) is 4.73. The summed E-state index contributed by atoms with van der Waals surface area (Å²) in [7, 11) is 0. The van der Waals surface area contributed by atoms with Gasteiger partial charge >= 0.3 is 0 Å². The van der Waals surface area contributed by atoms with Crippen molar-refractivity contribution < 1.29 is 4.42 Å². The van der Waals surface area contributed by atoms with Gasteiger partial charge in [0.15, 0.2) is 5.76 Å². The van der Waals surface area contributed by atoms with Gasteiger partial charge in [0.2, 0.25) is 5.89 Å². The number of oxazole rings is 1. The van der Waals surface area contributed by atoms with Crippen LogP contribution < -0.4 is 10.6 Å². The van der Waals surface area contributed by atoms with Crippen LogP contribution in [0.3, 0.4) is 0 Å². The third-order valence-corrected chi connectivity index (χ3v) is 4.73. The number of rotatable bonds is 3. The second kappa shape index (κ2) is 8.47. The van der Waals surface area contributed by atoms with Crippen LogP contribution in [0.15, 0.2) is 59.1 Å². The third kappa shape index (κ3) is 3.67. The summed E-state index contributed by atoms with van der Waals surface area (Å²) in [5, 5.41) is 0. The Morgan fingerprint density at radius 2 is 1.85 bits per heavy atom. The lowest BCUT2D eigenvalue weighted by molar-refractivity contribution is 0.449. The minimum atomic E-state index is 0. The van der Waals surface area contributed by atoms with E-state index in [4.69, 9.17) is 10.2 Å². The molecule has 2 N–H and O–H groups in total. The van der Waals surface area contributed by atoms with Crippen molar-refractivity contribution in [2.45, 2.75) is 25.8 Å². The van der Waals surface area contributed by atoms with Crippen molar-refractivity contribution in [2.24, 2.45) is 0 Å². The predicted molar refractivity (Wildman–Crippen MR) is 111 cm³/mol. The van der Waals surface area contributed by atoms with Gasteiger partial charge in [0.25, 0.3) is 0 Å². The molecule has 1 aliphatic heterocycles. The summed E-state index contributed by atoms with van der Waals surface area (Å²) >= 11 is 0. The molecule has 138 valence electrons. The van der Waals surface area contributed by atoms with Crippen LogP contribution in [0.25, 0.3) is 11.3 Å². The second-order valence-electron chi connectivity index (χ2n) is 6.25. The second-order valence-corrected chi connectivity index (χ2v) is 6.25. The van der Waals surface area contributed by atoms with Gasteiger partial charge in [-0.3, -0.25) is 0 Å². The molecule has 0 radical (unpaired) electrons. The largest absolute Gasteiger partial charge is 0.438 e. The molecule has 4 rings (SSSR count). The first-order valence-corrected chi connectivity index (χ1v) is 8.39. The number of hydrogen-bond acceptors (Lipinski definition) is 4. The Hall–Kier alpha value is -2.17. The van der Waals surface area contributed by atoms with Gasteiger partial charge in [0.1, 0.15) is 6.04 Å². The molecular formula is C20H23Cl2N3O. The maximum atomic E-state index is 6.16. The van der Waals surface area contributed by atoms with E-state index in [0.717, 1.165) is 42.3 Å². The molecular weight excluding hydrogens is 369 g/mol. The topological polar surface area (TPSA) is 55.3 Å². The van der Waals surface area contributed by atoms with Crippen molar-refractivity contribution in [3.63, 3.8) is 0 Å². The van der Waals surface area contributed by atoms with Crippen LogP contribution >= 0.6 is 24.8 Å². The zero-order valence-electron chi connectivity index (χ0n) is 14.6. The fraction of sp³-hybridized carbons (Fsp3) is 0.250. The molecule has 0 fully saturated rings. The Balaban J connectivity index is 0.00000121. The van der Waals surface area contributed by atoms with Gasteiger partial charge in [0.05, 0.1) is 6.20 Å². The predicted octanol–water partition coefficient (Wildman–Crippen LogP) is 5.28. The molecule has 0 amide bonds. The molecule has 1 unspecified atom stereocenters. The van der Waals surface area contributed by atoms with Crippen LogP contribution in [0, 0.1) is 0 Å². The van der Waals surface area contributed by atoms with Crippen LogP contribution in [-0.4, -0.2) is 11.5 Å². The summed E-state index contributed by atoms with van der Waals surface area (Å²) in [6.45, 7) is 3.12. The molecule has 6 heteroatoms. The molecule has 1 aromatic heterocycles. The number of hydrogen-bond donors (Lipinski definition) is 1. The van der Waals surface area contributed by atoms with E-state index in [1.54, 1.807) is 0 Å². The van der Waals surface area contributed by atoms with Gasteiger partial charge < -0.3 is 15.1 Å². The first-order chi connectivity index (χ1) is 11.7. The quantitative estimate of drug-likeness (QED) is 0.616. The van der Waals surface area contributed by atoms with E-state index in [2.05, 4.69) is 22.9 Å². The summed E-state index contributed by atoms with van der Waals surface area (Å²) in [5.74, 6) is 1.55. The minimum absolute atomic E-state index is 0. The molecule has 1 aliphatic rings. The summed E-state index contributed by atoms with van der Waals surface area (Å²) in [6.07, 6.45) is 3.94. The summed E-state index contributed by atoms with van der Waals surface area (Å²) < 4.78 is 6.05. The van der Waals surface area contributed by atoms with Gasteiger partial charge in [-0.15, -0.1) is 24.8 Å². The smallest absolute Gasteiger partial charge is 0.217 e. The van der Waals surface area contributed by atoms with E-state index < -0.39 is 0 Å². The van der Waals surface area contributed by atoms with Crippen molar-refractivity contribution in [2.75, 3.05) is 17.2 Å². The summed E-state index contributed by atoms with van der Waals surface area (Å²) in [5.41, 5.74) is 10.5. The van der Waals surface area contributed by atoms with Crippen molar-refractivity contribution in [1.29, 1.82) is 0 Å². The number of anilines is 2. The van der Waals surface area contributed by atoms with Crippen molar-refractivity contribution in [3.8, 4) is 11.3 Å². The highest BCUT2D eigenvalue weighted by atomic mass is 35.5. The molecule has 3 aromatic rings. The van der Waals surface area contributed by atoms with Crippen LogP contribution in [0.1, 0.15) is 30.8 Å². The zero-order chi connectivity index (χ0) is 16.5. The maximum Gasteiger partial charge on any atom is 0.217 e. The number of halogens is 2. The minimum Gasteiger partial charge on any atom is -0.438 e. The number of fused-ring (bicyclic) bond motifs is 1. The Morgan fingerprint density at radius 3 is 2.62 bits per heavy atom. The molecule has 26 heavy (non-hydrogen) atoms. The van der Waals surface area contributed by atoms with Crippen LogP contribution in [0.5, 0.6) is 0 Å². The number of nitrogens with zero attached hydrogens (tertiary/aromatic N) is 2. The number of nitrogens with two attached hydrogens (primary N) is 1. The van der Waals surface area contributed by atoms with Crippen molar-refractivity contribution in [3.05, 3.63) is 66.2 Å². The van der Waals surface area contributed by atoms with Crippen LogP contribution in [-0.2, 0) is 6.42 Å². The standard InChI is InChI=1S/C20H21N3O.2ClH/c1-14(20-22-13-19(24-20)15-7-3-2-4-8-15)23-12-6-9-16-17(21)10-5-11-18(16)23;;/h2-5,7-8,10-11,13-14H,6,9,12,21H2,1H3;2*1H. The lowest BCUT2D eigenvalue weighted by Gasteiger charge is -2.35. The Morgan fingerprint density at radius 1 is 1.08 bits per heavy atom. The molecule has 0 spiro atoms. The normalized spacial score (nSPS) is 14.0. The SMILES string of the molecule is CC(c1ncc(-c2ccccc2)o1)N1CCCc2c(N)cccc21.Cl.Cl. The van der Waals surface area contributed by atoms with Gasteiger partial charge in [-0.05, 0) is 37.5 Å². The molecule has 0 saturated carbocycles. The van der Waals surface area contributed by atoms with E-state index in [9.17, 15) is 0 Å². The number of nitrogen functional groups attached to an aromatic ring is 1. The lowest BCUT2D eigenvalue weighted by atomic mass is 9.98. The van der Waals surface area contributed by atoms with Gasteiger partial charge in [-0.25, -0.2) is 4.98 Å². The van der Waals surface area contributed by atoms with E-state index >= 15 is 0 Å². The monoisotopic (exact) mass is 391 g/mol. The number of benzene rings is 2. The fourth-order valence-corrected chi connectivity index (χ4v) is 3.43. The highest BCUT2D eigenvalue weighted by Crippen LogP contribution is 2.37. The Labute approximate surface area is 166 Å². The summed E-state index contributed by atoms with van der Waals surface area (Å²) in [6, 6.07) is 16.3. The van der Waals surface area contributed by atoms with E-state index in [0.29, 0.717) is 0 Å². The van der Waals surface area contributed by atoms with Crippen molar-refractivity contribution in [1.82, 2.24) is 4.98 Å². The van der Waals surface area contributed by atoms with Crippen LogP contribution in [0.4, 0.5) is 11.4 Å². The van der Waals surface area contributed by atoms with E-state index in [1.165, 1.54) is 11.3 Å². The average molecular weight is 392 g/mol. The van der Waals surface area contributed by atoms with E-state index in [1.807, 2.05) is 48.7 Å². The lowest BCUT2D eigenvalue weighted by Crippen LogP contribution is -2.32. The first-order valence-electron chi connectivity index (χ1n) is 8.39. The highest BCUT2D eigenvalue weighted by Gasteiger charge is 2.26. The van der Waals surface area contributed by atoms with Crippen molar-refractivity contribution >= 4 is 36.2 Å².